The Labute approximate surface area is 122 Å². The molecule has 0 saturated heterocycles. The Morgan fingerprint density at radius 3 is 2.46 bits per heavy atom. The number of carbonyl (C=O) groups excluding carboxylic acids is 1. The molecule has 0 saturated carbocycles. The molecule has 0 aromatic rings. The van der Waals surface area contributed by atoms with Crippen LogP contribution in [0.15, 0.2) is 12.7 Å². The van der Waals surface area contributed by atoms with Crippen LogP contribution in [0.1, 0.15) is 26.7 Å². The van der Waals surface area contributed by atoms with Crippen molar-refractivity contribution in [3.63, 3.8) is 0 Å². The van der Waals surface area contributed by atoms with Crippen molar-refractivity contribution >= 4 is 5.97 Å². The van der Waals surface area contributed by atoms with Gasteiger partial charge in [-0.2, -0.15) is 0 Å². The maximum absolute atomic E-state index is 10.3. The average molecular weight is 210 g/mol. The third kappa shape index (κ3) is 6.82. The third-order valence-electron chi connectivity index (χ3n) is 1.89. The average Bonchev–Trinajstić information content (AvgIpc) is 1.85. The van der Waals surface area contributed by atoms with Crippen molar-refractivity contribution in [2.24, 2.45) is 5.41 Å². The van der Waals surface area contributed by atoms with Crippen LogP contribution in [-0.4, -0.2) is 17.2 Å². The monoisotopic (exact) mass is 210 g/mol. The fourth-order valence-electron chi connectivity index (χ4n) is 0.967. The molecule has 13 heavy (non-hydrogen) atoms. The molecule has 0 aliphatic carbocycles. The number of carboxylic acids is 1. The van der Waals surface area contributed by atoms with E-state index in [1.807, 2.05) is 0 Å². The van der Waals surface area contributed by atoms with Gasteiger partial charge in [0.15, 0.2) is 0 Å². The summed E-state index contributed by atoms with van der Waals surface area (Å²) in [6, 6.07) is 0. The first kappa shape index (κ1) is 16.2. The van der Waals surface area contributed by atoms with Crippen molar-refractivity contribution in [3.05, 3.63) is 12.7 Å². The molecule has 0 rings (SSSR count). The Morgan fingerprint density at radius 2 is 2.15 bits per heavy atom. The van der Waals surface area contributed by atoms with Gasteiger partial charge in [-0.3, -0.25) is 0 Å². The number of aliphatic carboxylic acids is 1. The van der Waals surface area contributed by atoms with Gasteiger partial charge in [-0.05, 0) is 18.3 Å². The SMILES string of the molecule is C=CCC(O)C(C)(C)CC(=O)[O-].[K+]. The summed E-state index contributed by atoms with van der Waals surface area (Å²) in [6.45, 7) is 6.85. The first-order valence-corrected chi connectivity index (χ1v) is 3.89. The van der Waals surface area contributed by atoms with Gasteiger partial charge in [-0.1, -0.05) is 19.9 Å². The zero-order chi connectivity index (χ0) is 9.78. The fraction of sp³-hybridized carbons (Fsp3) is 0.667. The minimum atomic E-state index is -1.14. The summed E-state index contributed by atoms with van der Waals surface area (Å²) in [5.74, 6) is -1.14. The summed E-state index contributed by atoms with van der Waals surface area (Å²) in [4.78, 5) is 10.3. The van der Waals surface area contributed by atoms with E-state index >= 15 is 0 Å². The van der Waals surface area contributed by atoms with E-state index in [0.717, 1.165) is 0 Å². The molecule has 0 fully saturated rings. The molecule has 1 unspecified atom stereocenters. The van der Waals surface area contributed by atoms with E-state index in [1.54, 1.807) is 19.9 Å². The first-order chi connectivity index (χ1) is 5.40. The summed E-state index contributed by atoms with van der Waals surface area (Å²) in [7, 11) is 0. The van der Waals surface area contributed by atoms with E-state index in [-0.39, 0.29) is 57.8 Å². The normalized spacial score (nSPS) is 12.8. The van der Waals surface area contributed by atoms with Gasteiger partial charge in [0.2, 0.25) is 0 Å². The molecule has 0 aliphatic rings. The summed E-state index contributed by atoms with van der Waals surface area (Å²) < 4.78 is 0. The molecule has 4 heteroatoms. The summed E-state index contributed by atoms with van der Waals surface area (Å²) in [6.07, 6.45) is 1.16. The molecule has 3 nitrogen and oxygen atoms in total. The predicted molar refractivity (Wildman–Crippen MR) is 44.2 cm³/mol. The number of aliphatic hydroxyl groups excluding tert-OH is 1. The molecular weight excluding hydrogens is 195 g/mol. The van der Waals surface area contributed by atoms with Gasteiger partial charge >= 0.3 is 51.4 Å². The van der Waals surface area contributed by atoms with Gasteiger partial charge in [-0.15, -0.1) is 6.58 Å². The second kappa shape index (κ2) is 7.14. The van der Waals surface area contributed by atoms with Gasteiger partial charge in [-0.25, -0.2) is 0 Å². The molecular formula is C9H15KO3. The fourth-order valence-corrected chi connectivity index (χ4v) is 0.967. The Hall–Kier alpha value is 0.806. The maximum atomic E-state index is 10.3. The maximum Gasteiger partial charge on any atom is 1.00 e. The molecule has 1 atom stereocenters. The number of rotatable bonds is 5. The third-order valence-corrected chi connectivity index (χ3v) is 1.89. The van der Waals surface area contributed by atoms with Crippen LogP contribution in [0.5, 0.6) is 0 Å². The molecule has 70 valence electrons. The standard InChI is InChI=1S/C9H16O3.K/c1-4-5-7(10)9(2,3)6-8(11)12;/h4,7,10H,1,5-6H2,2-3H3,(H,11,12);/q;+1/p-1. The summed E-state index contributed by atoms with van der Waals surface area (Å²) in [5.41, 5.74) is -0.646. The smallest absolute Gasteiger partial charge is 0.550 e. The van der Waals surface area contributed by atoms with Crippen LogP contribution < -0.4 is 56.5 Å². The Balaban J connectivity index is 0. The van der Waals surface area contributed by atoms with Crippen molar-refractivity contribution < 1.29 is 66.4 Å². The van der Waals surface area contributed by atoms with E-state index in [1.165, 1.54) is 0 Å². The number of carboxylic acid groups (broad SMARTS) is 1. The van der Waals surface area contributed by atoms with Crippen LogP contribution in [0, 0.1) is 5.41 Å². The number of carbonyl (C=O) groups is 1. The molecule has 0 spiro atoms. The van der Waals surface area contributed by atoms with Gasteiger partial charge < -0.3 is 15.0 Å². The van der Waals surface area contributed by atoms with Crippen LogP contribution >= 0.6 is 0 Å². The quantitative estimate of drug-likeness (QED) is 0.391. The zero-order valence-corrected chi connectivity index (χ0v) is 11.7. The van der Waals surface area contributed by atoms with Crippen LogP contribution in [0.4, 0.5) is 0 Å². The first-order valence-electron chi connectivity index (χ1n) is 3.89. The van der Waals surface area contributed by atoms with Crippen LogP contribution in [0.25, 0.3) is 0 Å². The molecule has 0 aromatic heterocycles. The van der Waals surface area contributed by atoms with E-state index in [4.69, 9.17) is 0 Å². The van der Waals surface area contributed by atoms with Crippen molar-refractivity contribution in [2.75, 3.05) is 0 Å². The van der Waals surface area contributed by atoms with Gasteiger partial charge in [0, 0.05) is 5.97 Å². The predicted octanol–water partition coefficient (Wildman–Crippen LogP) is -2.91. The second-order valence-electron chi connectivity index (χ2n) is 3.58. The Kier molecular flexibility index (Phi) is 8.93. The van der Waals surface area contributed by atoms with Gasteiger partial charge in [0.25, 0.3) is 0 Å². The van der Waals surface area contributed by atoms with Crippen molar-refractivity contribution in [3.8, 4) is 0 Å². The molecule has 0 radical (unpaired) electrons. The number of aliphatic hydroxyl groups is 1. The Morgan fingerprint density at radius 1 is 1.69 bits per heavy atom. The minimum Gasteiger partial charge on any atom is -0.550 e. The van der Waals surface area contributed by atoms with E-state index in [0.29, 0.717) is 6.42 Å². The van der Waals surface area contributed by atoms with E-state index < -0.39 is 17.5 Å². The number of hydrogen-bond acceptors (Lipinski definition) is 3. The minimum absolute atomic E-state index is 0. The summed E-state index contributed by atoms with van der Waals surface area (Å²) >= 11 is 0. The largest absolute Gasteiger partial charge is 1.00 e. The van der Waals surface area contributed by atoms with E-state index in [9.17, 15) is 15.0 Å². The second-order valence-corrected chi connectivity index (χ2v) is 3.58. The van der Waals surface area contributed by atoms with Crippen LogP contribution in [0.3, 0.4) is 0 Å². The van der Waals surface area contributed by atoms with Crippen molar-refractivity contribution in [1.82, 2.24) is 0 Å². The molecule has 0 heterocycles. The van der Waals surface area contributed by atoms with Gasteiger partial charge in [0.05, 0.1) is 6.10 Å². The molecule has 0 aliphatic heterocycles. The van der Waals surface area contributed by atoms with Gasteiger partial charge in [0.1, 0.15) is 0 Å². The summed E-state index contributed by atoms with van der Waals surface area (Å²) in [5, 5.41) is 19.7. The van der Waals surface area contributed by atoms with Crippen LogP contribution in [0.2, 0.25) is 0 Å². The molecule has 0 bridgehead atoms. The topological polar surface area (TPSA) is 60.4 Å². The Bertz CT molecular complexity index is 178. The van der Waals surface area contributed by atoms with E-state index in [2.05, 4.69) is 6.58 Å². The number of hydrogen-bond donors (Lipinski definition) is 1. The van der Waals surface area contributed by atoms with Crippen molar-refractivity contribution in [1.29, 1.82) is 0 Å². The molecule has 0 aromatic carbocycles. The molecule has 1 N–H and O–H groups in total. The van der Waals surface area contributed by atoms with Crippen molar-refractivity contribution in [2.45, 2.75) is 32.8 Å². The zero-order valence-electron chi connectivity index (χ0n) is 8.54. The van der Waals surface area contributed by atoms with Crippen LogP contribution in [-0.2, 0) is 4.79 Å². The molecule has 0 amide bonds.